The highest BCUT2D eigenvalue weighted by Gasteiger charge is 2.09. The quantitative estimate of drug-likeness (QED) is 0.215. The number of aromatic amines is 1. The van der Waals surface area contributed by atoms with Crippen molar-refractivity contribution in [1.82, 2.24) is 14.8 Å². The normalized spacial score (nSPS) is 11.1. The highest BCUT2D eigenvalue weighted by Crippen LogP contribution is 2.30. The summed E-state index contributed by atoms with van der Waals surface area (Å²) in [5.41, 5.74) is 2.21. The summed E-state index contributed by atoms with van der Waals surface area (Å²) >= 11 is 0. The first kappa shape index (κ1) is 31.4. The van der Waals surface area contributed by atoms with Crippen LogP contribution in [0.15, 0.2) is 36.4 Å². The highest BCUT2D eigenvalue weighted by atomic mass is 35.5. The number of halogens is 2. The smallest absolute Gasteiger partial charge is 0.121 e. The molecule has 1 N–H and O–H groups in total. The van der Waals surface area contributed by atoms with Gasteiger partial charge in [0.15, 0.2) is 0 Å². The molecule has 3 aromatic rings. The molecule has 0 fully saturated rings. The third-order valence-corrected chi connectivity index (χ3v) is 6.05. The Bertz CT molecular complexity index is 891. The molecule has 0 aliphatic carbocycles. The van der Waals surface area contributed by atoms with Crippen LogP contribution in [0.1, 0.15) is 53.4 Å². The summed E-state index contributed by atoms with van der Waals surface area (Å²) in [5.74, 6) is 1.84. The lowest BCUT2D eigenvalue weighted by atomic mass is 10.1. The lowest BCUT2D eigenvalue weighted by Gasteiger charge is -2.20. The lowest BCUT2D eigenvalue weighted by Crippen LogP contribution is -2.30. The van der Waals surface area contributed by atoms with Crippen molar-refractivity contribution in [2.24, 2.45) is 0 Å². The third-order valence-electron chi connectivity index (χ3n) is 6.05. The molecule has 3 rings (SSSR count). The molecule has 0 radical (unpaired) electrons. The van der Waals surface area contributed by atoms with Gasteiger partial charge in [0.05, 0.1) is 11.0 Å². The van der Waals surface area contributed by atoms with Crippen LogP contribution >= 0.6 is 24.8 Å². The fraction of sp³-hybridized carbons (Fsp3) is 0.571. The standard InChI is InChI=1S/C28H43N3O2.2ClH/c1-5-13-30(14-6-2)17-19-32-23-9-11-25-26-12-10-24(22-28(26)29-27(25)21-23)33-20-18-31(15-7-3)16-8-4;;/h9-12,21-22,29H,5-8,13-20H2,1-4H3;2*1H. The maximum Gasteiger partial charge on any atom is 0.121 e. The van der Waals surface area contributed by atoms with Gasteiger partial charge in [-0.25, -0.2) is 0 Å². The van der Waals surface area contributed by atoms with Crippen LogP contribution in [0.2, 0.25) is 0 Å². The van der Waals surface area contributed by atoms with E-state index < -0.39 is 0 Å². The predicted octanol–water partition coefficient (Wildman–Crippen LogP) is 7.17. The topological polar surface area (TPSA) is 40.7 Å². The van der Waals surface area contributed by atoms with Crippen LogP contribution in [0.5, 0.6) is 11.5 Å². The number of benzene rings is 2. The van der Waals surface area contributed by atoms with Gasteiger partial charge in [-0.2, -0.15) is 0 Å². The fourth-order valence-corrected chi connectivity index (χ4v) is 4.57. The minimum Gasteiger partial charge on any atom is -0.492 e. The maximum absolute atomic E-state index is 6.08. The van der Waals surface area contributed by atoms with E-state index in [1.165, 1.54) is 36.5 Å². The zero-order valence-electron chi connectivity index (χ0n) is 22.0. The molecule has 0 saturated carbocycles. The molecule has 0 amide bonds. The van der Waals surface area contributed by atoms with E-state index in [1.54, 1.807) is 0 Å². The van der Waals surface area contributed by atoms with Gasteiger partial charge in [-0.15, -0.1) is 24.8 Å². The SMILES string of the molecule is CCCN(CCC)CCOc1ccc2c(c1)[nH]c1cc(OCCN(CCC)CCC)ccc12.Cl.Cl. The average Bonchev–Trinajstić information content (AvgIpc) is 3.16. The van der Waals surface area contributed by atoms with Crippen LogP contribution in [0.4, 0.5) is 0 Å². The number of nitrogens with zero attached hydrogens (tertiary/aromatic N) is 2. The van der Waals surface area contributed by atoms with Gasteiger partial charge in [0.1, 0.15) is 24.7 Å². The third kappa shape index (κ3) is 9.38. The molecule has 5 nitrogen and oxygen atoms in total. The summed E-state index contributed by atoms with van der Waals surface area (Å²) in [4.78, 5) is 8.52. The molecule has 0 aliphatic rings. The molecule has 35 heavy (non-hydrogen) atoms. The minimum atomic E-state index is 0. The number of hydrogen-bond acceptors (Lipinski definition) is 4. The summed E-state index contributed by atoms with van der Waals surface area (Å²) < 4.78 is 12.2. The Kier molecular flexibility index (Phi) is 15.2. The summed E-state index contributed by atoms with van der Waals surface area (Å²) in [7, 11) is 0. The Morgan fingerprint density at radius 1 is 0.571 bits per heavy atom. The second-order valence-corrected chi connectivity index (χ2v) is 8.92. The second kappa shape index (κ2) is 16.9. The molecule has 7 heteroatoms. The van der Waals surface area contributed by atoms with Gasteiger partial charge < -0.3 is 14.5 Å². The Morgan fingerprint density at radius 2 is 0.943 bits per heavy atom. The number of hydrogen-bond donors (Lipinski definition) is 1. The number of aromatic nitrogens is 1. The van der Waals surface area contributed by atoms with E-state index in [9.17, 15) is 0 Å². The molecule has 1 aromatic heterocycles. The van der Waals surface area contributed by atoms with Crippen LogP contribution in [0.25, 0.3) is 21.8 Å². The molecule has 0 bridgehead atoms. The van der Waals surface area contributed by atoms with Crippen molar-refractivity contribution >= 4 is 46.6 Å². The monoisotopic (exact) mass is 525 g/mol. The first-order chi connectivity index (χ1) is 16.2. The predicted molar refractivity (Wildman–Crippen MR) is 155 cm³/mol. The van der Waals surface area contributed by atoms with Gasteiger partial charge in [-0.05, 0) is 76.1 Å². The molecule has 1 heterocycles. The zero-order valence-corrected chi connectivity index (χ0v) is 23.6. The molecular weight excluding hydrogens is 481 g/mol. The van der Waals surface area contributed by atoms with E-state index in [-0.39, 0.29) is 24.8 Å². The molecule has 2 aromatic carbocycles. The van der Waals surface area contributed by atoms with E-state index in [0.717, 1.165) is 75.0 Å². The molecule has 0 atom stereocenters. The Labute approximate surface area is 224 Å². The molecule has 0 spiro atoms. The zero-order chi connectivity index (χ0) is 23.5. The minimum absolute atomic E-state index is 0. The maximum atomic E-state index is 6.08. The van der Waals surface area contributed by atoms with Gasteiger partial charge >= 0.3 is 0 Å². The van der Waals surface area contributed by atoms with E-state index >= 15 is 0 Å². The van der Waals surface area contributed by atoms with Gasteiger partial charge in [0, 0.05) is 36.0 Å². The molecule has 198 valence electrons. The van der Waals surface area contributed by atoms with Crippen molar-refractivity contribution < 1.29 is 9.47 Å². The van der Waals surface area contributed by atoms with Crippen molar-refractivity contribution in [3.05, 3.63) is 36.4 Å². The highest BCUT2D eigenvalue weighted by molar-refractivity contribution is 6.07. The second-order valence-electron chi connectivity index (χ2n) is 8.92. The van der Waals surface area contributed by atoms with Crippen molar-refractivity contribution in [3.8, 4) is 11.5 Å². The van der Waals surface area contributed by atoms with E-state index in [1.807, 2.05) is 0 Å². The Balaban J connectivity index is 0.00000306. The van der Waals surface area contributed by atoms with Crippen LogP contribution in [0, 0.1) is 0 Å². The number of rotatable bonds is 16. The fourth-order valence-electron chi connectivity index (χ4n) is 4.57. The molecule has 0 aliphatic heterocycles. The van der Waals surface area contributed by atoms with E-state index in [4.69, 9.17) is 9.47 Å². The first-order valence-corrected chi connectivity index (χ1v) is 12.9. The largest absolute Gasteiger partial charge is 0.492 e. The summed E-state index contributed by atoms with van der Waals surface area (Å²) in [5, 5.41) is 2.44. The lowest BCUT2D eigenvalue weighted by molar-refractivity contribution is 0.209. The van der Waals surface area contributed by atoms with Crippen LogP contribution in [-0.2, 0) is 0 Å². The van der Waals surface area contributed by atoms with Crippen LogP contribution in [-0.4, -0.2) is 67.3 Å². The van der Waals surface area contributed by atoms with Crippen molar-refractivity contribution in [2.75, 3.05) is 52.5 Å². The van der Waals surface area contributed by atoms with Gasteiger partial charge in [0.25, 0.3) is 0 Å². The van der Waals surface area contributed by atoms with Crippen LogP contribution in [0.3, 0.4) is 0 Å². The average molecular weight is 527 g/mol. The van der Waals surface area contributed by atoms with Crippen molar-refractivity contribution in [1.29, 1.82) is 0 Å². The van der Waals surface area contributed by atoms with Gasteiger partial charge in [0.2, 0.25) is 0 Å². The summed E-state index contributed by atoms with van der Waals surface area (Å²) in [6, 6.07) is 12.7. The number of nitrogens with one attached hydrogen (secondary N) is 1. The summed E-state index contributed by atoms with van der Waals surface area (Å²) in [6.45, 7) is 16.9. The van der Waals surface area contributed by atoms with Crippen molar-refractivity contribution in [2.45, 2.75) is 53.4 Å². The van der Waals surface area contributed by atoms with Crippen molar-refractivity contribution in [3.63, 3.8) is 0 Å². The van der Waals surface area contributed by atoms with E-state index in [2.05, 4.69) is 78.9 Å². The number of fused-ring (bicyclic) bond motifs is 3. The Morgan fingerprint density at radius 3 is 1.29 bits per heavy atom. The molecule has 0 unspecified atom stereocenters. The number of H-pyrrole nitrogens is 1. The Hall–Kier alpha value is -1.66. The molecular formula is C28H45Cl2N3O2. The van der Waals surface area contributed by atoms with Crippen LogP contribution < -0.4 is 9.47 Å². The van der Waals surface area contributed by atoms with Gasteiger partial charge in [-0.1, -0.05) is 27.7 Å². The first-order valence-electron chi connectivity index (χ1n) is 12.9. The summed E-state index contributed by atoms with van der Waals surface area (Å²) in [6.07, 6.45) is 4.73. The van der Waals surface area contributed by atoms with Gasteiger partial charge in [-0.3, -0.25) is 9.80 Å². The number of ether oxygens (including phenoxy) is 2. The molecule has 0 saturated heterocycles. The van der Waals surface area contributed by atoms with E-state index in [0.29, 0.717) is 0 Å².